The number of hydrogen-bond acceptors (Lipinski definition) is 6. The van der Waals surface area contributed by atoms with Crippen LogP contribution in [0, 0.1) is 0 Å². The molecule has 0 aliphatic rings. The average molecular weight is 228 g/mol. The third-order valence-electron chi connectivity index (χ3n) is 2.03. The summed E-state index contributed by atoms with van der Waals surface area (Å²) in [5.74, 6) is -1.98. The fourth-order valence-corrected chi connectivity index (χ4v) is 1.12. The molecule has 88 valence electrons. The summed E-state index contributed by atoms with van der Waals surface area (Å²) in [6, 6.07) is 0.970. The highest BCUT2D eigenvalue weighted by atomic mass is 16.5. The topological polar surface area (TPSA) is 113 Å². The normalized spacial score (nSPS) is 17.1. The molecule has 5 N–H and O–H groups in total. The van der Waals surface area contributed by atoms with E-state index in [4.69, 9.17) is 12.2 Å². The summed E-state index contributed by atoms with van der Waals surface area (Å²) in [4.78, 5) is 11.2. The first-order valence-electron chi connectivity index (χ1n) is 4.88. The van der Waals surface area contributed by atoms with Gasteiger partial charge >= 0.3 is 5.97 Å². The van der Waals surface area contributed by atoms with Gasteiger partial charge in [-0.1, -0.05) is 6.07 Å². The highest BCUT2D eigenvalue weighted by Gasteiger charge is 2.25. The van der Waals surface area contributed by atoms with Crippen LogP contribution in [0.1, 0.15) is 13.0 Å². The van der Waals surface area contributed by atoms with E-state index < -0.39 is 23.8 Å². The summed E-state index contributed by atoms with van der Waals surface area (Å²) in [6.07, 6.45) is -1.69. The number of benzene rings is 1. The van der Waals surface area contributed by atoms with Gasteiger partial charge in [-0.05, 0) is 17.7 Å². The Morgan fingerprint density at radius 1 is 1.50 bits per heavy atom. The number of aliphatic hydroxyl groups is 1. The quantitative estimate of drug-likeness (QED) is 0.415. The number of phenolic OH excluding ortho intramolecular Hbond substituents is 2. The fourth-order valence-electron chi connectivity index (χ4n) is 1.12. The number of phenols is 2. The minimum absolute atomic E-state index is 0.0169. The van der Waals surface area contributed by atoms with E-state index in [-0.39, 0.29) is 11.3 Å². The molecule has 0 spiro atoms. The largest absolute Gasteiger partial charge is 0.504 e. The van der Waals surface area contributed by atoms with Crippen molar-refractivity contribution in [1.82, 2.24) is 0 Å². The Bertz CT molecular complexity index is 435. The third-order valence-corrected chi connectivity index (χ3v) is 2.03. The van der Waals surface area contributed by atoms with E-state index in [1.165, 1.54) is 6.07 Å². The molecule has 0 saturated carbocycles. The minimum atomic E-state index is -2.39. The molecule has 6 heteroatoms. The van der Waals surface area contributed by atoms with Crippen molar-refractivity contribution < 1.29 is 26.2 Å². The van der Waals surface area contributed by atoms with E-state index in [1.807, 2.05) is 0 Å². The van der Waals surface area contributed by atoms with Crippen molar-refractivity contribution in [2.75, 3.05) is 7.11 Å². The molecule has 0 aliphatic heterocycles. The molecule has 16 heavy (non-hydrogen) atoms. The molecule has 0 radical (unpaired) electrons. The van der Waals surface area contributed by atoms with Crippen LogP contribution in [-0.2, 0) is 9.53 Å². The van der Waals surface area contributed by atoms with Crippen LogP contribution < -0.4 is 5.73 Å². The van der Waals surface area contributed by atoms with Gasteiger partial charge in [0.25, 0.3) is 0 Å². The number of methoxy groups -OCH3 is 1. The van der Waals surface area contributed by atoms with Crippen LogP contribution in [0.15, 0.2) is 18.2 Å². The Labute approximate surface area is 93.3 Å². The van der Waals surface area contributed by atoms with Gasteiger partial charge in [0.05, 0.1) is 8.48 Å². The number of aromatic hydroxyl groups is 2. The van der Waals surface area contributed by atoms with Gasteiger partial charge in [0.15, 0.2) is 11.5 Å². The minimum Gasteiger partial charge on any atom is -0.504 e. The lowest BCUT2D eigenvalue weighted by atomic mass is 10.0. The standard InChI is InChI=1S/C10H13NO5/c1-16-10(15)8(11)9(14)5-2-3-6(12)7(13)4-5/h2-4,8-9,12-14H,11H2,1H3/t8-,9+/m0/s1/i8D. The average Bonchev–Trinajstić information content (AvgIpc) is 2.30. The first-order valence-corrected chi connectivity index (χ1v) is 4.38. The monoisotopic (exact) mass is 228 g/mol. The predicted octanol–water partition coefficient (Wildman–Crippen LogP) is -0.369. The first-order chi connectivity index (χ1) is 7.80. The lowest BCUT2D eigenvalue weighted by molar-refractivity contribution is -0.145. The van der Waals surface area contributed by atoms with E-state index in [2.05, 4.69) is 4.74 Å². The Kier molecular flexibility index (Phi) is 3.23. The van der Waals surface area contributed by atoms with Gasteiger partial charge in [0.1, 0.15) is 12.1 Å². The zero-order chi connectivity index (χ0) is 13.2. The second kappa shape index (κ2) is 4.82. The SMILES string of the molecule is [2H][C@@](N)(C(=O)OC)[C@H](O)c1ccc(O)c(O)c1. The molecule has 1 aromatic rings. The van der Waals surface area contributed by atoms with Gasteiger partial charge in [-0.15, -0.1) is 0 Å². The van der Waals surface area contributed by atoms with Crippen LogP contribution >= 0.6 is 0 Å². The molecule has 2 atom stereocenters. The van der Waals surface area contributed by atoms with Crippen LogP contribution in [0.3, 0.4) is 0 Å². The van der Waals surface area contributed by atoms with Crippen LogP contribution in [0.4, 0.5) is 0 Å². The molecule has 0 heterocycles. The number of nitrogens with two attached hydrogens (primary N) is 1. The molecule has 0 saturated heterocycles. The summed E-state index contributed by atoms with van der Waals surface area (Å²) in [5.41, 5.74) is 5.35. The number of carbonyl (C=O) groups is 1. The van der Waals surface area contributed by atoms with Gasteiger partial charge < -0.3 is 25.8 Å². The van der Waals surface area contributed by atoms with Crippen molar-refractivity contribution in [2.24, 2.45) is 5.73 Å². The Morgan fingerprint density at radius 3 is 2.62 bits per heavy atom. The lowest BCUT2D eigenvalue weighted by Crippen LogP contribution is -2.37. The van der Waals surface area contributed by atoms with Gasteiger partial charge in [-0.25, -0.2) is 0 Å². The van der Waals surface area contributed by atoms with Crippen molar-refractivity contribution in [3.8, 4) is 11.5 Å². The molecule has 0 amide bonds. The zero-order valence-electron chi connectivity index (χ0n) is 9.54. The van der Waals surface area contributed by atoms with E-state index in [0.717, 1.165) is 19.2 Å². The molecular weight excluding hydrogens is 214 g/mol. The number of rotatable bonds is 3. The van der Waals surface area contributed by atoms with E-state index >= 15 is 0 Å². The third kappa shape index (κ3) is 2.41. The molecule has 0 unspecified atom stereocenters. The Morgan fingerprint density at radius 2 is 2.12 bits per heavy atom. The first kappa shape index (κ1) is 10.7. The van der Waals surface area contributed by atoms with E-state index in [1.54, 1.807) is 0 Å². The van der Waals surface area contributed by atoms with Gasteiger partial charge in [0.2, 0.25) is 0 Å². The van der Waals surface area contributed by atoms with Gasteiger partial charge in [-0.2, -0.15) is 0 Å². The van der Waals surface area contributed by atoms with Crippen LogP contribution in [0.25, 0.3) is 0 Å². The van der Waals surface area contributed by atoms with Crippen molar-refractivity contribution in [3.05, 3.63) is 23.8 Å². The second-order valence-electron chi connectivity index (χ2n) is 3.10. The summed E-state index contributed by atoms with van der Waals surface area (Å²) in [6.45, 7) is 0. The van der Waals surface area contributed by atoms with Gasteiger partial charge in [0, 0.05) is 0 Å². The summed E-state index contributed by atoms with van der Waals surface area (Å²) < 4.78 is 11.8. The fraction of sp³-hybridized carbons (Fsp3) is 0.300. The Hall–Kier alpha value is -1.79. The lowest BCUT2D eigenvalue weighted by Gasteiger charge is -2.17. The van der Waals surface area contributed by atoms with Crippen LogP contribution in [-0.4, -0.2) is 34.4 Å². The number of ether oxygens (including phenoxy) is 1. The van der Waals surface area contributed by atoms with Crippen LogP contribution in [0.2, 0.25) is 0 Å². The highest BCUT2D eigenvalue weighted by Crippen LogP contribution is 2.28. The van der Waals surface area contributed by atoms with Crippen LogP contribution in [0.5, 0.6) is 11.5 Å². The molecule has 1 aromatic carbocycles. The zero-order valence-corrected chi connectivity index (χ0v) is 8.54. The van der Waals surface area contributed by atoms with Crippen molar-refractivity contribution in [2.45, 2.75) is 12.1 Å². The predicted molar refractivity (Wildman–Crippen MR) is 54.7 cm³/mol. The molecule has 0 bridgehead atoms. The van der Waals surface area contributed by atoms with E-state index in [0.29, 0.717) is 0 Å². The summed E-state index contributed by atoms with van der Waals surface area (Å²) in [7, 11) is 1.04. The van der Waals surface area contributed by atoms with Crippen molar-refractivity contribution in [1.29, 1.82) is 0 Å². The maximum absolute atomic E-state index is 11.2. The number of hydrogen-bond donors (Lipinski definition) is 4. The molecule has 6 nitrogen and oxygen atoms in total. The van der Waals surface area contributed by atoms with Crippen molar-refractivity contribution >= 4 is 5.97 Å². The molecular formula is C10H13NO5. The molecule has 0 fully saturated rings. The Balaban J connectivity index is 3.07. The number of carbonyl (C=O) groups excluding carboxylic acids is 1. The summed E-state index contributed by atoms with van der Waals surface area (Å²) in [5, 5.41) is 28.1. The number of esters is 1. The van der Waals surface area contributed by atoms with Gasteiger partial charge in [-0.3, -0.25) is 4.79 Å². The summed E-state index contributed by atoms with van der Waals surface area (Å²) >= 11 is 0. The molecule has 1 rings (SSSR count). The van der Waals surface area contributed by atoms with E-state index in [9.17, 15) is 15.0 Å². The smallest absolute Gasteiger partial charge is 0.325 e. The van der Waals surface area contributed by atoms with Crippen molar-refractivity contribution in [3.63, 3.8) is 0 Å². The molecule has 0 aliphatic carbocycles. The number of aliphatic hydroxyl groups excluding tert-OH is 1. The molecule has 0 aromatic heterocycles. The second-order valence-corrected chi connectivity index (χ2v) is 3.10. The maximum atomic E-state index is 11.2. The maximum Gasteiger partial charge on any atom is 0.325 e. The highest BCUT2D eigenvalue weighted by molar-refractivity contribution is 5.76.